The molecule has 1 fully saturated rings. The minimum Gasteiger partial charge on any atom is -0.351 e. The average Bonchev–Trinajstić information content (AvgIpc) is 3.49. The Morgan fingerprint density at radius 1 is 0.884 bits per heavy atom. The molecule has 9 heteroatoms. The Morgan fingerprint density at radius 2 is 1.53 bits per heavy atom. The van der Waals surface area contributed by atoms with Crippen molar-refractivity contribution in [3.8, 4) is 5.69 Å². The van der Waals surface area contributed by atoms with Crippen molar-refractivity contribution in [3.63, 3.8) is 0 Å². The highest BCUT2D eigenvalue weighted by molar-refractivity contribution is 7.99. The van der Waals surface area contributed by atoms with Crippen molar-refractivity contribution >= 4 is 40.5 Å². The third-order valence-electron chi connectivity index (χ3n) is 7.95. The molecule has 1 aliphatic heterocycles. The summed E-state index contributed by atoms with van der Waals surface area (Å²) in [5.74, 6) is 0. The van der Waals surface area contributed by atoms with Gasteiger partial charge >= 0.3 is 0 Å². The predicted molar refractivity (Wildman–Crippen MR) is 176 cm³/mol. The highest BCUT2D eigenvalue weighted by Crippen LogP contribution is 2.44. The number of aryl methyl sites for hydroxylation is 3. The van der Waals surface area contributed by atoms with Crippen molar-refractivity contribution in [1.29, 1.82) is 0 Å². The standard InChI is InChI=1S/C34H31N5O2S2/c1-21-8-7-9-22(2)32(21)37-23(3)20-29(24(37)4)33-31(30-10-5-6-19-35-30)36-34(42)38(33)25-11-15-27(16-12-25)43-28-17-13-26(14-18-28)39(40)41/h5-20,31,33H,1-4H3,(H,36,42). The first kappa shape index (κ1) is 28.6. The average molecular weight is 606 g/mol. The lowest BCUT2D eigenvalue weighted by Crippen LogP contribution is -2.29. The van der Waals surface area contributed by atoms with Gasteiger partial charge in [-0.3, -0.25) is 15.1 Å². The minimum absolute atomic E-state index is 0.0835. The van der Waals surface area contributed by atoms with Crippen molar-refractivity contribution in [2.45, 2.75) is 49.6 Å². The first-order chi connectivity index (χ1) is 20.7. The number of aromatic nitrogens is 2. The molecule has 2 unspecified atom stereocenters. The smallest absolute Gasteiger partial charge is 0.269 e. The lowest BCUT2D eigenvalue weighted by Gasteiger charge is -2.28. The van der Waals surface area contributed by atoms with Crippen LogP contribution in [0.1, 0.15) is 45.9 Å². The first-order valence-corrected chi connectivity index (χ1v) is 15.2. The zero-order valence-corrected chi connectivity index (χ0v) is 25.9. The molecule has 0 aliphatic carbocycles. The second-order valence-corrected chi connectivity index (χ2v) is 12.3. The fourth-order valence-electron chi connectivity index (χ4n) is 5.99. The van der Waals surface area contributed by atoms with Crippen molar-refractivity contribution < 1.29 is 4.92 Å². The molecular formula is C34H31N5O2S2. The SMILES string of the molecule is Cc1cccc(C)c1-n1c(C)cc(C2C(c3ccccn3)NC(=S)N2c2ccc(Sc3ccc([N+](=O)[O-])cc3)cc2)c1C. The van der Waals surface area contributed by atoms with Crippen LogP contribution in [0.4, 0.5) is 11.4 Å². The van der Waals surface area contributed by atoms with E-state index in [9.17, 15) is 10.1 Å². The Bertz CT molecular complexity index is 1800. The summed E-state index contributed by atoms with van der Waals surface area (Å²) in [6.45, 7) is 8.67. The normalized spacial score (nSPS) is 16.4. The maximum absolute atomic E-state index is 11.0. The van der Waals surface area contributed by atoms with Crippen molar-refractivity contribution in [2.75, 3.05) is 4.90 Å². The van der Waals surface area contributed by atoms with Gasteiger partial charge < -0.3 is 14.8 Å². The number of para-hydroxylation sites is 1. The van der Waals surface area contributed by atoms with Gasteiger partial charge in [-0.1, -0.05) is 36.0 Å². The third-order valence-corrected chi connectivity index (χ3v) is 9.28. The van der Waals surface area contributed by atoms with E-state index < -0.39 is 0 Å². The van der Waals surface area contributed by atoms with Gasteiger partial charge in [0.2, 0.25) is 0 Å². The monoisotopic (exact) mass is 605 g/mol. The quantitative estimate of drug-likeness (QED) is 0.114. The molecule has 0 radical (unpaired) electrons. The van der Waals surface area contributed by atoms with Gasteiger partial charge in [-0.25, -0.2) is 0 Å². The maximum atomic E-state index is 11.0. The van der Waals surface area contributed by atoms with Crippen LogP contribution in [0.3, 0.4) is 0 Å². The van der Waals surface area contributed by atoms with E-state index in [1.54, 1.807) is 23.9 Å². The van der Waals surface area contributed by atoms with E-state index in [1.807, 2.05) is 24.4 Å². The second-order valence-electron chi connectivity index (χ2n) is 10.7. The number of nitro groups is 1. The summed E-state index contributed by atoms with van der Waals surface area (Å²) in [5, 5.41) is 15.2. The number of nitrogens with zero attached hydrogens (tertiary/aromatic N) is 4. The Balaban J connectivity index is 1.39. The summed E-state index contributed by atoms with van der Waals surface area (Å²) in [4.78, 5) is 19.5. The molecule has 0 spiro atoms. The van der Waals surface area contributed by atoms with Crippen molar-refractivity contribution in [1.82, 2.24) is 14.9 Å². The van der Waals surface area contributed by atoms with Gasteiger partial charge in [0.1, 0.15) is 0 Å². The molecule has 6 rings (SSSR count). The molecule has 3 aromatic carbocycles. The zero-order valence-electron chi connectivity index (χ0n) is 24.3. The molecule has 2 atom stereocenters. The summed E-state index contributed by atoms with van der Waals surface area (Å²) in [7, 11) is 0. The van der Waals surface area contributed by atoms with Crippen LogP contribution in [-0.2, 0) is 0 Å². The molecule has 1 N–H and O–H groups in total. The largest absolute Gasteiger partial charge is 0.351 e. The van der Waals surface area contributed by atoms with Gasteiger partial charge in [0.25, 0.3) is 5.69 Å². The van der Waals surface area contributed by atoms with E-state index >= 15 is 0 Å². The van der Waals surface area contributed by atoms with Crippen molar-refractivity contribution in [2.24, 2.45) is 0 Å². The number of non-ortho nitro benzene ring substituents is 1. The number of nitrogens with one attached hydrogen (secondary N) is 1. The molecule has 5 aromatic rings. The fraction of sp³-hybridized carbons (Fsp3) is 0.176. The molecular weight excluding hydrogens is 575 g/mol. The van der Waals surface area contributed by atoms with Gasteiger partial charge in [-0.2, -0.15) is 0 Å². The number of nitro benzene ring substituents is 1. The van der Waals surface area contributed by atoms with Crippen LogP contribution >= 0.6 is 24.0 Å². The second kappa shape index (κ2) is 11.7. The maximum Gasteiger partial charge on any atom is 0.269 e. The fourth-order valence-corrected chi connectivity index (χ4v) is 7.15. The molecule has 1 aliphatic rings. The number of thiocarbonyl (C=S) groups is 1. The molecule has 0 saturated carbocycles. The summed E-state index contributed by atoms with van der Waals surface area (Å²) < 4.78 is 2.36. The summed E-state index contributed by atoms with van der Waals surface area (Å²) in [6, 6.07) is 29.3. The van der Waals surface area contributed by atoms with Gasteiger partial charge in [0.05, 0.1) is 28.4 Å². The highest BCUT2D eigenvalue weighted by atomic mass is 32.2. The summed E-state index contributed by atoms with van der Waals surface area (Å²) in [5.41, 5.74) is 9.18. The molecule has 7 nitrogen and oxygen atoms in total. The molecule has 3 heterocycles. The summed E-state index contributed by atoms with van der Waals surface area (Å²) in [6.07, 6.45) is 1.82. The number of hydrogen-bond acceptors (Lipinski definition) is 5. The number of pyridine rings is 1. The first-order valence-electron chi connectivity index (χ1n) is 14.0. The van der Waals surface area contributed by atoms with Crippen molar-refractivity contribution in [3.05, 3.63) is 141 Å². The predicted octanol–water partition coefficient (Wildman–Crippen LogP) is 8.34. The number of benzene rings is 3. The van der Waals surface area contributed by atoms with Crippen LogP contribution in [-0.4, -0.2) is 19.6 Å². The number of hydrogen-bond donors (Lipinski definition) is 1. The van der Waals surface area contributed by atoms with Crippen LogP contribution in [0.5, 0.6) is 0 Å². The van der Waals surface area contributed by atoms with E-state index in [0.717, 1.165) is 26.9 Å². The van der Waals surface area contributed by atoms with Gasteiger partial charge in [0.15, 0.2) is 5.11 Å². The molecule has 0 bridgehead atoms. The third kappa shape index (κ3) is 5.42. The topological polar surface area (TPSA) is 76.2 Å². The van der Waals surface area contributed by atoms with Crippen LogP contribution in [0.2, 0.25) is 0 Å². The highest BCUT2D eigenvalue weighted by Gasteiger charge is 2.42. The van der Waals surface area contributed by atoms with Crippen LogP contribution in [0.15, 0.2) is 107 Å². The van der Waals surface area contributed by atoms with Gasteiger partial charge in [-0.05, 0) is 111 Å². The Kier molecular flexibility index (Phi) is 7.77. The molecule has 2 aromatic heterocycles. The summed E-state index contributed by atoms with van der Waals surface area (Å²) >= 11 is 7.55. The lowest BCUT2D eigenvalue weighted by atomic mass is 9.96. The molecule has 1 saturated heterocycles. The van der Waals surface area contributed by atoms with E-state index in [1.165, 1.54) is 40.2 Å². The Morgan fingerprint density at radius 3 is 2.14 bits per heavy atom. The van der Waals surface area contributed by atoms with Crippen LogP contribution < -0.4 is 10.2 Å². The Hall–Kier alpha value is -4.47. The number of anilines is 1. The minimum atomic E-state index is -0.384. The van der Waals surface area contributed by atoms with E-state index in [-0.39, 0.29) is 22.7 Å². The lowest BCUT2D eigenvalue weighted by molar-refractivity contribution is -0.384. The molecule has 0 amide bonds. The van der Waals surface area contributed by atoms with Gasteiger partial charge in [0, 0.05) is 45.2 Å². The molecule has 216 valence electrons. The van der Waals surface area contributed by atoms with E-state index in [4.69, 9.17) is 17.2 Å². The number of rotatable bonds is 7. The van der Waals surface area contributed by atoms with Gasteiger partial charge in [-0.15, -0.1) is 0 Å². The zero-order chi connectivity index (χ0) is 30.2. The van der Waals surface area contributed by atoms with E-state index in [2.05, 4.69) is 91.0 Å². The molecule has 43 heavy (non-hydrogen) atoms. The Labute approximate surface area is 260 Å². The van der Waals surface area contributed by atoms with E-state index in [0.29, 0.717) is 5.11 Å². The van der Waals surface area contributed by atoms with Crippen LogP contribution in [0.25, 0.3) is 5.69 Å². The van der Waals surface area contributed by atoms with Crippen LogP contribution in [0, 0.1) is 37.8 Å².